The predicted molar refractivity (Wildman–Crippen MR) is 132 cm³/mol. The summed E-state index contributed by atoms with van der Waals surface area (Å²) in [6, 6.07) is 10.4. The lowest BCUT2D eigenvalue weighted by molar-refractivity contribution is 0.0626. The van der Waals surface area contributed by atoms with Crippen molar-refractivity contribution in [2.24, 2.45) is 5.41 Å². The summed E-state index contributed by atoms with van der Waals surface area (Å²) in [5, 5.41) is 18.1. The molecule has 0 fully saturated rings. The molecule has 1 N–H and O–H groups in total. The molecule has 190 valence electrons. The van der Waals surface area contributed by atoms with E-state index in [0.717, 1.165) is 0 Å². The van der Waals surface area contributed by atoms with Crippen molar-refractivity contribution in [2.45, 2.75) is 44.8 Å². The fourth-order valence-corrected chi connectivity index (χ4v) is 5.34. The van der Waals surface area contributed by atoms with Crippen LogP contribution >= 0.6 is 0 Å². The quantitative estimate of drug-likeness (QED) is 0.468. The van der Waals surface area contributed by atoms with Gasteiger partial charge in [-0.3, -0.25) is 4.57 Å². The Balaban J connectivity index is 2.24. The highest BCUT2D eigenvalue weighted by Gasteiger charge is 2.37. The molecule has 3 rings (SSSR count). The van der Waals surface area contributed by atoms with Gasteiger partial charge in [-0.15, -0.1) is 10.2 Å². The Bertz CT molecular complexity index is 1260. The standard InChI is InChI=1S/C24H32N4O6S/c1-15(22(29)24(2,3)4)35(30,31)14-19-26-27-23(16-10-8-13-20(25-16)34-7)28(19)21-17(32-5)11-9-12-18(21)33-6/h8-13,15,22,29H,14H2,1-7H3/t15-,22+/m1/s1. The Morgan fingerprint density at radius 2 is 1.57 bits per heavy atom. The maximum atomic E-state index is 13.4. The van der Waals surface area contributed by atoms with E-state index < -0.39 is 32.4 Å². The third-order valence-corrected chi connectivity index (χ3v) is 7.80. The first-order valence-corrected chi connectivity index (χ1v) is 12.7. The summed E-state index contributed by atoms with van der Waals surface area (Å²) < 4.78 is 44.7. The van der Waals surface area contributed by atoms with Crippen LogP contribution in [0, 0.1) is 5.41 Å². The lowest BCUT2D eigenvalue weighted by Crippen LogP contribution is -2.41. The van der Waals surface area contributed by atoms with Gasteiger partial charge < -0.3 is 19.3 Å². The van der Waals surface area contributed by atoms with Gasteiger partial charge in [0.05, 0.1) is 32.7 Å². The second-order valence-corrected chi connectivity index (χ2v) is 11.5. The highest BCUT2D eigenvalue weighted by Crippen LogP contribution is 2.37. The van der Waals surface area contributed by atoms with E-state index in [4.69, 9.17) is 14.2 Å². The van der Waals surface area contributed by atoms with E-state index in [1.165, 1.54) is 28.3 Å². The second kappa shape index (κ2) is 10.2. The zero-order chi connectivity index (χ0) is 26.0. The number of rotatable bonds is 9. The van der Waals surface area contributed by atoms with E-state index in [1.807, 2.05) is 0 Å². The molecular formula is C24H32N4O6S. The van der Waals surface area contributed by atoms with Crippen molar-refractivity contribution in [1.82, 2.24) is 19.7 Å². The van der Waals surface area contributed by atoms with E-state index >= 15 is 0 Å². The molecule has 0 unspecified atom stereocenters. The van der Waals surface area contributed by atoms with Crippen LogP contribution in [0.3, 0.4) is 0 Å². The molecule has 2 heterocycles. The number of aliphatic hydroxyl groups excluding tert-OH is 1. The van der Waals surface area contributed by atoms with Gasteiger partial charge in [0.15, 0.2) is 21.5 Å². The van der Waals surface area contributed by atoms with Crippen LogP contribution in [0.25, 0.3) is 17.2 Å². The minimum atomic E-state index is -3.85. The summed E-state index contributed by atoms with van der Waals surface area (Å²) in [6.07, 6.45) is -1.08. The van der Waals surface area contributed by atoms with Crippen molar-refractivity contribution < 1.29 is 27.7 Å². The van der Waals surface area contributed by atoms with E-state index in [2.05, 4.69) is 15.2 Å². The number of hydrogen-bond donors (Lipinski definition) is 1. The number of ether oxygens (including phenoxy) is 3. The van der Waals surface area contributed by atoms with Gasteiger partial charge in [-0.05, 0) is 30.5 Å². The van der Waals surface area contributed by atoms with Crippen molar-refractivity contribution in [3.63, 3.8) is 0 Å². The van der Waals surface area contributed by atoms with Crippen LogP contribution in [0.5, 0.6) is 17.4 Å². The number of aromatic nitrogens is 4. The number of benzene rings is 1. The molecule has 0 aliphatic heterocycles. The van der Waals surface area contributed by atoms with Gasteiger partial charge in [0, 0.05) is 6.07 Å². The largest absolute Gasteiger partial charge is 0.494 e. The molecule has 2 atom stereocenters. The van der Waals surface area contributed by atoms with Crippen LogP contribution < -0.4 is 14.2 Å². The number of sulfone groups is 1. The topological polar surface area (TPSA) is 126 Å². The van der Waals surface area contributed by atoms with E-state index in [1.54, 1.807) is 61.7 Å². The van der Waals surface area contributed by atoms with Crippen LogP contribution in [0.2, 0.25) is 0 Å². The highest BCUT2D eigenvalue weighted by atomic mass is 32.2. The number of aliphatic hydroxyl groups is 1. The van der Waals surface area contributed by atoms with Gasteiger partial charge in [-0.1, -0.05) is 32.9 Å². The smallest absolute Gasteiger partial charge is 0.213 e. The van der Waals surface area contributed by atoms with E-state index in [9.17, 15) is 13.5 Å². The maximum Gasteiger partial charge on any atom is 0.213 e. The minimum absolute atomic E-state index is 0.125. The van der Waals surface area contributed by atoms with Crippen LogP contribution in [0.1, 0.15) is 33.5 Å². The molecule has 0 aliphatic rings. The van der Waals surface area contributed by atoms with Gasteiger partial charge >= 0.3 is 0 Å². The Morgan fingerprint density at radius 3 is 2.11 bits per heavy atom. The lowest BCUT2D eigenvalue weighted by Gasteiger charge is -2.30. The first-order valence-electron chi connectivity index (χ1n) is 11.0. The summed E-state index contributed by atoms with van der Waals surface area (Å²) >= 11 is 0. The Morgan fingerprint density at radius 1 is 0.971 bits per heavy atom. The SMILES string of the molecule is COc1cccc(-c2nnc(CS(=O)(=O)[C@H](C)[C@H](O)C(C)(C)C)n2-c2c(OC)cccc2OC)n1. The molecular weight excluding hydrogens is 472 g/mol. The number of para-hydroxylation sites is 1. The number of nitrogens with zero attached hydrogens (tertiary/aromatic N) is 4. The predicted octanol–water partition coefficient (Wildman–Crippen LogP) is 3.07. The first-order chi connectivity index (χ1) is 16.4. The summed E-state index contributed by atoms with van der Waals surface area (Å²) in [6.45, 7) is 6.87. The van der Waals surface area contributed by atoms with Gasteiger partial charge in [0.2, 0.25) is 5.88 Å². The van der Waals surface area contributed by atoms with Gasteiger partial charge in [0.25, 0.3) is 0 Å². The average molecular weight is 505 g/mol. The number of methoxy groups -OCH3 is 3. The van der Waals surface area contributed by atoms with E-state index in [-0.39, 0.29) is 11.6 Å². The zero-order valence-electron chi connectivity index (χ0n) is 21.0. The molecule has 11 heteroatoms. The molecule has 10 nitrogen and oxygen atoms in total. The van der Waals surface area contributed by atoms with Crippen molar-refractivity contribution in [1.29, 1.82) is 0 Å². The molecule has 1 aromatic carbocycles. The third-order valence-electron chi connectivity index (χ3n) is 5.75. The van der Waals surface area contributed by atoms with Gasteiger partial charge in [0.1, 0.15) is 28.6 Å². The molecule has 0 spiro atoms. The molecule has 0 amide bonds. The molecule has 0 radical (unpaired) electrons. The van der Waals surface area contributed by atoms with Crippen LogP contribution in [0.15, 0.2) is 36.4 Å². The average Bonchev–Trinajstić information content (AvgIpc) is 3.23. The maximum absolute atomic E-state index is 13.4. The summed E-state index contributed by atoms with van der Waals surface area (Å²) in [5.74, 6) is 1.14. The third kappa shape index (κ3) is 5.40. The normalized spacial score (nSPS) is 13.8. The van der Waals surface area contributed by atoms with Crippen LogP contribution in [-0.4, -0.2) is 66.0 Å². The Hall–Kier alpha value is -3.18. The second-order valence-electron chi connectivity index (χ2n) is 9.17. The fourth-order valence-electron chi connectivity index (χ4n) is 3.73. The summed E-state index contributed by atoms with van der Waals surface area (Å²) in [7, 11) is 0.661. The number of pyridine rings is 1. The zero-order valence-corrected chi connectivity index (χ0v) is 21.8. The molecule has 3 aromatic rings. The molecule has 0 saturated carbocycles. The fraction of sp³-hybridized carbons (Fsp3) is 0.458. The monoisotopic (exact) mass is 504 g/mol. The first kappa shape index (κ1) is 26.4. The molecule has 0 bridgehead atoms. The van der Waals surface area contributed by atoms with Gasteiger partial charge in [-0.25, -0.2) is 13.4 Å². The van der Waals surface area contributed by atoms with Crippen molar-refractivity contribution >= 4 is 9.84 Å². The van der Waals surface area contributed by atoms with E-state index in [0.29, 0.717) is 28.8 Å². The summed E-state index contributed by atoms with van der Waals surface area (Å²) in [4.78, 5) is 4.45. The molecule has 0 aliphatic carbocycles. The number of hydrogen-bond acceptors (Lipinski definition) is 9. The van der Waals surface area contributed by atoms with Crippen molar-refractivity contribution in [3.05, 3.63) is 42.2 Å². The highest BCUT2D eigenvalue weighted by molar-refractivity contribution is 7.91. The van der Waals surface area contributed by atoms with Crippen LogP contribution in [0.4, 0.5) is 0 Å². The Kier molecular flexibility index (Phi) is 7.71. The van der Waals surface area contributed by atoms with Gasteiger partial charge in [-0.2, -0.15) is 0 Å². The van der Waals surface area contributed by atoms with Crippen LogP contribution in [-0.2, 0) is 15.6 Å². The molecule has 2 aromatic heterocycles. The minimum Gasteiger partial charge on any atom is -0.494 e. The Labute approximate surface area is 205 Å². The summed E-state index contributed by atoms with van der Waals surface area (Å²) in [5.41, 5.74) is 0.217. The van der Waals surface area contributed by atoms with Crippen molar-refractivity contribution in [3.8, 4) is 34.6 Å². The lowest BCUT2D eigenvalue weighted by atomic mass is 9.87. The molecule has 0 saturated heterocycles. The van der Waals surface area contributed by atoms with Crippen molar-refractivity contribution in [2.75, 3.05) is 21.3 Å². The molecule has 35 heavy (non-hydrogen) atoms.